The molecule has 146 valence electrons. The number of hydrogen-bond donors (Lipinski definition) is 1. The number of amides is 1. The van der Waals surface area contributed by atoms with Crippen LogP contribution in [0.5, 0.6) is 0 Å². The number of fused-ring (bicyclic) bond motifs is 1. The summed E-state index contributed by atoms with van der Waals surface area (Å²) in [4.78, 5) is 18.7. The normalized spacial score (nSPS) is 17.3. The monoisotopic (exact) mass is 421 g/mol. The molecule has 0 aliphatic carbocycles. The third kappa shape index (κ3) is 4.28. The lowest BCUT2D eigenvalue weighted by Gasteiger charge is -2.20. The number of hydrazone groups is 1. The van der Waals surface area contributed by atoms with Crippen LogP contribution in [-0.2, 0) is 10.5 Å². The standard InChI is InChI=1S/C21H19N5OS2/c1-25(2)16-10-8-14(9-11-16)12-17-18(22)26-20(23-19(17)27)29-21(24-26)28-13-15-6-4-3-5-7-15/h3-12,22H,13H2,1-2H3/b17-12-,22-18?. The Hall–Kier alpha value is -2.84. The van der Waals surface area contributed by atoms with E-state index in [2.05, 4.69) is 22.2 Å². The zero-order chi connectivity index (χ0) is 20.4. The minimum Gasteiger partial charge on any atom is -0.378 e. The van der Waals surface area contributed by atoms with Gasteiger partial charge in [-0.15, -0.1) is 5.10 Å². The molecule has 0 bridgehead atoms. The Labute approximate surface area is 177 Å². The molecular weight excluding hydrogens is 402 g/mol. The van der Waals surface area contributed by atoms with E-state index in [-0.39, 0.29) is 11.4 Å². The molecule has 0 unspecified atom stereocenters. The molecule has 0 atom stereocenters. The molecule has 2 aromatic carbocycles. The van der Waals surface area contributed by atoms with E-state index < -0.39 is 5.91 Å². The van der Waals surface area contributed by atoms with Crippen molar-refractivity contribution in [2.45, 2.75) is 5.75 Å². The van der Waals surface area contributed by atoms with Crippen LogP contribution in [0.25, 0.3) is 6.08 Å². The number of nitrogens with one attached hydrogen (secondary N) is 1. The number of rotatable bonds is 4. The zero-order valence-electron chi connectivity index (χ0n) is 16.0. The van der Waals surface area contributed by atoms with Gasteiger partial charge in [-0.05, 0) is 41.1 Å². The van der Waals surface area contributed by atoms with Crippen molar-refractivity contribution in [2.24, 2.45) is 10.1 Å². The van der Waals surface area contributed by atoms with Gasteiger partial charge in [0.15, 0.2) is 10.2 Å². The number of anilines is 1. The van der Waals surface area contributed by atoms with Crippen molar-refractivity contribution >= 4 is 56.6 Å². The van der Waals surface area contributed by atoms with Crippen LogP contribution in [0.3, 0.4) is 0 Å². The maximum absolute atomic E-state index is 12.5. The first kappa shape index (κ1) is 19.5. The summed E-state index contributed by atoms with van der Waals surface area (Å²) in [5.74, 6) is 0.421. The fourth-order valence-electron chi connectivity index (χ4n) is 2.79. The lowest BCUT2D eigenvalue weighted by atomic mass is 10.1. The maximum Gasteiger partial charge on any atom is 0.283 e. The Morgan fingerprint density at radius 1 is 1.14 bits per heavy atom. The third-order valence-corrected chi connectivity index (χ3v) is 6.47. The summed E-state index contributed by atoms with van der Waals surface area (Å²) in [6.07, 6.45) is 1.69. The summed E-state index contributed by atoms with van der Waals surface area (Å²) in [6, 6.07) is 17.9. The Bertz CT molecular complexity index is 1040. The number of carbonyl (C=O) groups is 1. The van der Waals surface area contributed by atoms with Gasteiger partial charge in [0.05, 0.1) is 5.57 Å². The van der Waals surface area contributed by atoms with Gasteiger partial charge in [-0.1, -0.05) is 54.2 Å². The molecule has 1 amide bonds. The molecule has 29 heavy (non-hydrogen) atoms. The van der Waals surface area contributed by atoms with Crippen molar-refractivity contribution < 1.29 is 4.79 Å². The molecule has 0 spiro atoms. The van der Waals surface area contributed by atoms with Crippen LogP contribution in [0.2, 0.25) is 0 Å². The Morgan fingerprint density at radius 2 is 1.86 bits per heavy atom. The third-order valence-electron chi connectivity index (χ3n) is 4.36. The second kappa shape index (κ2) is 8.26. The van der Waals surface area contributed by atoms with Crippen LogP contribution < -0.4 is 4.90 Å². The molecule has 2 aliphatic rings. The van der Waals surface area contributed by atoms with Crippen molar-refractivity contribution in [2.75, 3.05) is 19.0 Å². The van der Waals surface area contributed by atoms with Crippen LogP contribution >= 0.6 is 23.5 Å². The second-order valence-corrected chi connectivity index (χ2v) is 8.82. The van der Waals surface area contributed by atoms with Gasteiger partial charge >= 0.3 is 0 Å². The van der Waals surface area contributed by atoms with Gasteiger partial charge in [-0.3, -0.25) is 10.2 Å². The molecule has 0 aromatic heterocycles. The highest BCUT2D eigenvalue weighted by Crippen LogP contribution is 2.33. The largest absolute Gasteiger partial charge is 0.378 e. The number of aliphatic imine (C=N–C) groups is 1. The SMILES string of the molecule is CN(C)c1ccc(/C=C2/C(=N)N3N=C(SCc4ccccc4)SC3=NC2=O)cc1. The van der Waals surface area contributed by atoms with Crippen LogP contribution in [0, 0.1) is 5.41 Å². The summed E-state index contributed by atoms with van der Waals surface area (Å²) in [6.45, 7) is 0. The molecule has 2 heterocycles. The van der Waals surface area contributed by atoms with Crippen molar-refractivity contribution in [3.05, 3.63) is 71.3 Å². The Kier molecular flexibility index (Phi) is 5.55. The summed E-state index contributed by atoms with van der Waals surface area (Å²) in [5, 5.41) is 14.8. The molecule has 0 saturated carbocycles. The average Bonchev–Trinajstić information content (AvgIpc) is 3.14. The summed E-state index contributed by atoms with van der Waals surface area (Å²) >= 11 is 2.90. The predicted octanol–water partition coefficient (Wildman–Crippen LogP) is 4.26. The van der Waals surface area contributed by atoms with E-state index in [9.17, 15) is 4.79 Å². The first-order chi connectivity index (χ1) is 14.0. The van der Waals surface area contributed by atoms with E-state index in [0.29, 0.717) is 5.17 Å². The molecule has 2 aliphatic heterocycles. The molecular formula is C21H19N5OS2. The second-order valence-electron chi connectivity index (χ2n) is 6.65. The Morgan fingerprint density at radius 3 is 2.55 bits per heavy atom. The lowest BCUT2D eigenvalue weighted by Crippen LogP contribution is -2.35. The number of benzene rings is 2. The van der Waals surface area contributed by atoms with E-state index in [4.69, 9.17) is 5.41 Å². The quantitative estimate of drug-likeness (QED) is 0.747. The predicted molar refractivity (Wildman–Crippen MR) is 124 cm³/mol. The highest BCUT2D eigenvalue weighted by atomic mass is 32.2. The molecule has 2 aromatic rings. The minimum absolute atomic E-state index is 0.0551. The highest BCUT2D eigenvalue weighted by Gasteiger charge is 2.35. The van der Waals surface area contributed by atoms with Crippen LogP contribution in [0.1, 0.15) is 11.1 Å². The fraction of sp³-hybridized carbons (Fsp3) is 0.143. The van der Waals surface area contributed by atoms with E-state index in [1.165, 1.54) is 22.3 Å². The van der Waals surface area contributed by atoms with Crippen molar-refractivity contribution in [3.8, 4) is 0 Å². The zero-order valence-corrected chi connectivity index (χ0v) is 17.6. The molecule has 0 radical (unpaired) electrons. The van der Waals surface area contributed by atoms with Gasteiger partial charge in [-0.2, -0.15) is 10.0 Å². The van der Waals surface area contributed by atoms with E-state index >= 15 is 0 Å². The average molecular weight is 422 g/mol. The maximum atomic E-state index is 12.5. The summed E-state index contributed by atoms with van der Waals surface area (Å²) in [5.41, 5.74) is 3.35. The molecule has 6 nitrogen and oxygen atoms in total. The highest BCUT2D eigenvalue weighted by molar-refractivity contribution is 8.45. The topological polar surface area (TPSA) is 72.1 Å². The van der Waals surface area contributed by atoms with Crippen molar-refractivity contribution in [1.82, 2.24) is 5.01 Å². The molecule has 0 fully saturated rings. The van der Waals surface area contributed by atoms with E-state index in [1.807, 2.05) is 61.5 Å². The number of carbonyl (C=O) groups excluding carboxylic acids is 1. The van der Waals surface area contributed by atoms with Gasteiger partial charge in [0.2, 0.25) is 5.17 Å². The van der Waals surface area contributed by atoms with Crippen molar-refractivity contribution in [1.29, 1.82) is 5.41 Å². The van der Waals surface area contributed by atoms with E-state index in [1.54, 1.807) is 17.8 Å². The Balaban J connectivity index is 1.51. The van der Waals surface area contributed by atoms with Gasteiger partial charge in [-0.25, -0.2) is 0 Å². The van der Waals surface area contributed by atoms with Gasteiger partial charge in [0.1, 0.15) is 0 Å². The fourth-order valence-corrected chi connectivity index (χ4v) is 4.67. The molecule has 1 N–H and O–H groups in total. The first-order valence-corrected chi connectivity index (χ1v) is 10.8. The van der Waals surface area contributed by atoms with Crippen LogP contribution in [0.4, 0.5) is 5.69 Å². The molecule has 0 saturated heterocycles. The lowest BCUT2D eigenvalue weighted by molar-refractivity contribution is -0.114. The number of amidine groups is 2. The minimum atomic E-state index is -0.407. The number of hydrogen-bond acceptors (Lipinski definition) is 6. The number of nitrogens with zero attached hydrogens (tertiary/aromatic N) is 4. The molecule has 4 rings (SSSR count). The first-order valence-electron chi connectivity index (χ1n) is 8.95. The van der Waals surface area contributed by atoms with Crippen LogP contribution in [-0.4, -0.2) is 40.4 Å². The summed E-state index contributed by atoms with van der Waals surface area (Å²) in [7, 11) is 3.95. The summed E-state index contributed by atoms with van der Waals surface area (Å²) < 4.78 is 0.779. The van der Waals surface area contributed by atoms with Gasteiger partial charge < -0.3 is 4.90 Å². The smallest absolute Gasteiger partial charge is 0.283 e. The van der Waals surface area contributed by atoms with Crippen molar-refractivity contribution in [3.63, 3.8) is 0 Å². The number of thioether (sulfide) groups is 2. The van der Waals surface area contributed by atoms with Crippen LogP contribution in [0.15, 0.2) is 70.3 Å². The van der Waals surface area contributed by atoms with Gasteiger partial charge in [0, 0.05) is 25.5 Å². The molecule has 8 heteroatoms. The van der Waals surface area contributed by atoms with E-state index in [0.717, 1.165) is 21.4 Å². The van der Waals surface area contributed by atoms with Gasteiger partial charge in [0.25, 0.3) is 5.91 Å².